The molecule has 0 unspecified atom stereocenters. The van der Waals surface area contributed by atoms with Crippen LogP contribution in [-0.4, -0.2) is 25.4 Å². The second-order valence-electron chi connectivity index (χ2n) is 7.05. The fourth-order valence-corrected chi connectivity index (χ4v) is 3.96. The van der Waals surface area contributed by atoms with Gasteiger partial charge < -0.3 is 10.1 Å². The van der Waals surface area contributed by atoms with E-state index in [2.05, 4.69) is 15.0 Å². The lowest BCUT2D eigenvalue weighted by Gasteiger charge is -2.11. The van der Waals surface area contributed by atoms with Gasteiger partial charge in [-0.3, -0.25) is 4.79 Å². The molecule has 2 aromatic carbocycles. The number of hydrogen-bond donors (Lipinski definition) is 2. The maximum Gasteiger partial charge on any atom is 0.251 e. The highest BCUT2D eigenvalue weighted by Crippen LogP contribution is 2.19. The summed E-state index contributed by atoms with van der Waals surface area (Å²) in [6.45, 7) is 3.64. The van der Waals surface area contributed by atoms with Crippen molar-refractivity contribution in [2.75, 3.05) is 0 Å². The molecule has 0 saturated carbocycles. The molecule has 1 heterocycles. The molecule has 162 valence electrons. The van der Waals surface area contributed by atoms with Gasteiger partial charge in [-0.2, -0.15) is 0 Å². The van der Waals surface area contributed by atoms with Crippen LogP contribution in [0.25, 0.3) is 0 Å². The maximum absolute atomic E-state index is 12.9. The number of nitrogens with one attached hydrogen (secondary N) is 2. The molecule has 0 aliphatic heterocycles. The number of nitrogens with zero attached hydrogens (tertiary/aromatic N) is 1. The first kappa shape index (κ1) is 22.4. The van der Waals surface area contributed by atoms with Crippen molar-refractivity contribution in [1.82, 2.24) is 15.0 Å². The standard InChI is InChI=1S/C22H22FN3O4S/c1-15(2)26-31(28,29)20-5-3-4-17(12-20)22(27)25-14-16-6-11-21(24-13-16)30-19-9-7-18(23)8-10-19/h3-13,15,26H,14H2,1-2H3,(H,25,27). The summed E-state index contributed by atoms with van der Waals surface area (Å²) >= 11 is 0. The van der Waals surface area contributed by atoms with Crippen LogP contribution < -0.4 is 14.8 Å². The Hall–Kier alpha value is -3.30. The van der Waals surface area contributed by atoms with Crippen molar-refractivity contribution in [1.29, 1.82) is 0 Å². The fourth-order valence-electron chi connectivity index (χ4n) is 2.67. The highest BCUT2D eigenvalue weighted by Gasteiger charge is 2.17. The zero-order chi connectivity index (χ0) is 22.4. The van der Waals surface area contributed by atoms with Gasteiger partial charge in [-0.1, -0.05) is 12.1 Å². The number of aromatic nitrogens is 1. The average molecular weight is 444 g/mol. The summed E-state index contributed by atoms with van der Waals surface area (Å²) in [5, 5.41) is 2.73. The third-order valence-corrected chi connectivity index (χ3v) is 5.74. The SMILES string of the molecule is CC(C)NS(=O)(=O)c1cccc(C(=O)NCc2ccc(Oc3ccc(F)cc3)nc2)c1. The van der Waals surface area contributed by atoms with Gasteiger partial charge in [-0.15, -0.1) is 0 Å². The third kappa shape index (κ3) is 6.34. The minimum absolute atomic E-state index is 0.0258. The molecule has 0 atom stereocenters. The van der Waals surface area contributed by atoms with Crippen molar-refractivity contribution in [3.8, 4) is 11.6 Å². The van der Waals surface area contributed by atoms with Gasteiger partial charge in [0, 0.05) is 30.4 Å². The van der Waals surface area contributed by atoms with Crippen molar-refractivity contribution in [2.24, 2.45) is 0 Å². The van der Waals surface area contributed by atoms with Crippen LogP contribution in [0.1, 0.15) is 29.8 Å². The lowest BCUT2D eigenvalue weighted by molar-refractivity contribution is 0.0950. The van der Waals surface area contributed by atoms with Crippen molar-refractivity contribution in [2.45, 2.75) is 31.3 Å². The Morgan fingerprint density at radius 3 is 2.48 bits per heavy atom. The minimum Gasteiger partial charge on any atom is -0.439 e. The molecule has 1 amide bonds. The molecular weight excluding hydrogens is 421 g/mol. The van der Waals surface area contributed by atoms with Gasteiger partial charge in [-0.25, -0.2) is 22.5 Å². The van der Waals surface area contributed by atoms with Gasteiger partial charge in [0.15, 0.2) is 0 Å². The van der Waals surface area contributed by atoms with Gasteiger partial charge in [0.2, 0.25) is 15.9 Å². The van der Waals surface area contributed by atoms with E-state index in [9.17, 15) is 17.6 Å². The monoisotopic (exact) mass is 443 g/mol. The highest BCUT2D eigenvalue weighted by atomic mass is 32.2. The van der Waals surface area contributed by atoms with Crippen molar-refractivity contribution in [3.05, 3.63) is 83.8 Å². The molecule has 7 nitrogen and oxygen atoms in total. The number of carbonyl (C=O) groups is 1. The van der Waals surface area contributed by atoms with E-state index in [1.54, 1.807) is 38.2 Å². The van der Waals surface area contributed by atoms with Crippen LogP contribution in [0.4, 0.5) is 4.39 Å². The summed E-state index contributed by atoms with van der Waals surface area (Å²) in [7, 11) is -3.69. The first-order chi connectivity index (χ1) is 14.7. The Balaban J connectivity index is 1.60. The Kier molecular flexibility index (Phi) is 6.98. The number of halogens is 1. The molecule has 0 spiro atoms. The van der Waals surface area contributed by atoms with Crippen molar-refractivity contribution >= 4 is 15.9 Å². The predicted octanol–water partition coefficient (Wildman–Crippen LogP) is 3.63. The van der Waals surface area contributed by atoms with E-state index in [0.29, 0.717) is 11.6 Å². The maximum atomic E-state index is 12.9. The largest absolute Gasteiger partial charge is 0.439 e. The Labute approximate surface area is 180 Å². The van der Waals surface area contributed by atoms with Crippen LogP contribution in [0.2, 0.25) is 0 Å². The van der Waals surface area contributed by atoms with Gasteiger partial charge >= 0.3 is 0 Å². The lowest BCUT2D eigenvalue weighted by Crippen LogP contribution is -2.30. The summed E-state index contributed by atoms with van der Waals surface area (Å²) in [6.07, 6.45) is 1.55. The van der Waals surface area contributed by atoms with Crippen LogP contribution >= 0.6 is 0 Å². The number of rotatable bonds is 8. The Morgan fingerprint density at radius 1 is 1.10 bits per heavy atom. The Bertz CT molecular complexity index is 1150. The predicted molar refractivity (Wildman–Crippen MR) is 114 cm³/mol. The van der Waals surface area contributed by atoms with Gasteiger partial charge in [0.1, 0.15) is 11.6 Å². The van der Waals surface area contributed by atoms with Crippen LogP contribution in [0.5, 0.6) is 11.6 Å². The lowest BCUT2D eigenvalue weighted by atomic mass is 10.2. The fraction of sp³-hybridized carbons (Fsp3) is 0.182. The second-order valence-corrected chi connectivity index (χ2v) is 8.76. The zero-order valence-electron chi connectivity index (χ0n) is 17.0. The van der Waals surface area contributed by atoms with Crippen LogP contribution in [-0.2, 0) is 16.6 Å². The van der Waals surface area contributed by atoms with E-state index in [-0.39, 0.29) is 28.9 Å². The third-order valence-electron chi connectivity index (χ3n) is 4.08. The number of pyridine rings is 1. The molecule has 0 aliphatic carbocycles. The number of amides is 1. The van der Waals surface area contributed by atoms with E-state index in [0.717, 1.165) is 5.56 Å². The second kappa shape index (κ2) is 9.67. The first-order valence-electron chi connectivity index (χ1n) is 9.52. The number of benzene rings is 2. The molecule has 3 aromatic rings. The molecule has 0 bridgehead atoms. The normalized spacial score (nSPS) is 11.4. The smallest absolute Gasteiger partial charge is 0.251 e. The van der Waals surface area contributed by atoms with Gasteiger partial charge in [0.25, 0.3) is 5.91 Å². The quantitative estimate of drug-likeness (QED) is 0.554. The molecule has 2 N–H and O–H groups in total. The molecule has 0 radical (unpaired) electrons. The topological polar surface area (TPSA) is 97.4 Å². The molecular formula is C22H22FN3O4S. The van der Waals surface area contributed by atoms with Gasteiger partial charge in [-0.05, 0) is 61.9 Å². The number of hydrogen-bond acceptors (Lipinski definition) is 5. The van der Waals surface area contributed by atoms with E-state index >= 15 is 0 Å². The molecule has 0 aliphatic rings. The summed E-state index contributed by atoms with van der Waals surface area (Å²) in [5.41, 5.74) is 0.959. The minimum atomic E-state index is -3.69. The first-order valence-corrected chi connectivity index (χ1v) is 11.0. The van der Waals surface area contributed by atoms with Crippen LogP contribution in [0.15, 0.2) is 71.8 Å². The van der Waals surface area contributed by atoms with Crippen molar-refractivity contribution in [3.63, 3.8) is 0 Å². The van der Waals surface area contributed by atoms with Crippen LogP contribution in [0, 0.1) is 5.82 Å². The molecule has 0 saturated heterocycles. The average Bonchev–Trinajstić information content (AvgIpc) is 2.74. The summed E-state index contributed by atoms with van der Waals surface area (Å²) in [4.78, 5) is 16.6. The summed E-state index contributed by atoms with van der Waals surface area (Å²) in [5.74, 6) is 0.0212. The van der Waals surface area contributed by atoms with Crippen molar-refractivity contribution < 1.29 is 22.3 Å². The molecule has 9 heteroatoms. The van der Waals surface area contributed by atoms with Crippen LogP contribution in [0.3, 0.4) is 0 Å². The Morgan fingerprint density at radius 2 is 1.84 bits per heavy atom. The van der Waals surface area contributed by atoms with E-state index in [4.69, 9.17) is 4.74 Å². The molecule has 31 heavy (non-hydrogen) atoms. The molecule has 1 aromatic heterocycles. The highest BCUT2D eigenvalue weighted by molar-refractivity contribution is 7.89. The number of carbonyl (C=O) groups excluding carboxylic acids is 1. The number of sulfonamides is 1. The molecule has 3 rings (SSSR count). The molecule has 0 fully saturated rings. The number of ether oxygens (including phenoxy) is 1. The summed E-state index contributed by atoms with van der Waals surface area (Å²) in [6, 6.07) is 14.5. The summed E-state index contributed by atoms with van der Waals surface area (Å²) < 4.78 is 45.5. The van der Waals surface area contributed by atoms with E-state index < -0.39 is 15.9 Å². The van der Waals surface area contributed by atoms with Gasteiger partial charge in [0.05, 0.1) is 4.90 Å². The van der Waals surface area contributed by atoms with E-state index in [1.807, 2.05) is 0 Å². The van der Waals surface area contributed by atoms with E-state index in [1.165, 1.54) is 42.5 Å². The zero-order valence-corrected chi connectivity index (χ0v) is 17.8.